The van der Waals surface area contributed by atoms with Gasteiger partial charge in [0.15, 0.2) is 11.4 Å². The van der Waals surface area contributed by atoms with Gasteiger partial charge in [0, 0.05) is 17.4 Å². The van der Waals surface area contributed by atoms with Crippen molar-refractivity contribution in [1.29, 1.82) is 0 Å². The average molecular weight is 1160 g/mol. The maximum Gasteiger partial charge on any atom is 0.278 e. The third-order valence-corrected chi connectivity index (χ3v) is 11.9. The van der Waals surface area contributed by atoms with Gasteiger partial charge in [-0.2, -0.15) is 0 Å². The highest BCUT2D eigenvalue weighted by Crippen LogP contribution is 2.33. The number of aryl methyl sites for hydroxylation is 2. The Kier molecular flexibility index (Phi) is 19.7. The summed E-state index contributed by atoms with van der Waals surface area (Å²) in [5, 5.41) is 40.1. The van der Waals surface area contributed by atoms with Gasteiger partial charge in [0.25, 0.3) is 53.1 Å². The molecule has 434 valence electrons. The number of hydrogen-bond acceptors (Lipinski definition) is 22. The smallest absolute Gasteiger partial charge is 0.278 e. The van der Waals surface area contributed by atoms with Crippen LogP contribution in [0.4, 0.5) is 0 Å². The van der Waals surface area contributed by atoms with E-state index < -0.39 is 123 Å². The topological polar surface area (TPSA) is 480 Å². The van der Waals surface area contributed by atoms with Crippen LogP contribution in [0.2, 0.25) is 0 Å². The fourth-order valence-corrected chi connectivity index (χ4v) is 7.42. The van der Waals surface area contributed by atoms with Crippen molar-refractivity contribution >= 4 is 87.6 Å². The van der Waals surface area contributed by atoms with E-state index in [2.05, 4.69) is 107 Å². The normalized spacial score (nSPS) is 12.0. The van der Waals surface area contributed by atoms with E-state index in [0.29, 0.717) is 0 Å². The molecule has 14 N–H and O–H groups in total. The summed E-state index contributed by atoms with van der Waals surface area (Å²) in [4.78, 5) is 161. The van der Waals surface area contributed by atoms with Gasteiger partial charge in [-0.25, -0.2) is 24.9 Å². The van der Waals surface area contributed by atoms with E-state index in [-0.39, 0.29) is 80.2 Å². The molecule has 0 aliphatic heterocycles. The van der Waals surface area contributed by atoms with Crippen molar-refractivity contribution in [3.8, 4) is 22.0 Å². The van der Waals surface area contributed by atoms with Crippen molar-refractivity contribution in [3.63, 3.8) is 0 Å². The summed E-state index contributed by atoms with van der Waals surface area (Å²) in [6.07, 6.45) is -0.271. The molecule has 5 aromatic rings. The van der Waals surface area contributed by atoms with E-state index >= 15 is 0 Å². The highest BCUT2D eigenvalue weighted by atomic mass is 32.1. The summed E-state index contributed by atoms with van der Waals surface area (Å²) >= 11 is 0.905. The number of thiazole rings is 1. The van der Waals surface area contributed by atoms with Crippen molar-refractivity contribution in [2.24, 2.45) is 11.5 Å². The fraction of sp³-hybridized carbons (Fsp3) is 0.216. The molecule has 0 saturated carbocycles. The Balaban J connectivity index is 1.27. The standard InChI is InChI=1S/C51H53N15O16S/c1-13-31(68)49-65-34(26(10)82-49)45(77)57-21(5)41(73)66-36(51(11,12)79)46(78)59-23(7)48-64-33(25(9)81-48)44(76)56-20(4)40(72)58-22(6)47-61-29(16-80-47)35-27(50-62-30(17-83-50)43(75)63-32(24(8)67)38(53)70)14-15-28(60-35)42(74)55-19(3)39(71)54-18(2)37(52)69/h14-17,24,32,36,67,79H,2-7,13H2,1,8-12H3,(H2,52,69)(H2,53,70)(H,54,71)(H,55,74)(H,56,76)(H,57,77)(H,58,72)(H,59,78)(H,63,75)(H,66,73)/t24-,32+,36-/m1/s1. The Labute approximate surface area is 472 Å². The average Bonchev–Trinajstić information content (AvgIpc) is 4.11. The van der Waals surface area contributed by atoms with Crippen LogP contribution in [0, 0.1) is 13.8 Å². The number of pyridine rings is 1. The number of hydrogen-bond donors (Lipinski definition) is 12. The number of carbonyl (C=O) groups excluding carboxylic acids is 11. The molecule has 0 aromatic carbocycles. The lowest BCUT2D eigenvalue weighted by Gasteiger charge is -2.29. The molecular weight excluding hydrogens is 1110 g/mol. The number of aromatic nitrogens is 5. The number of primary amides is 2. The van der Waals surface area contributed by atoms with Crippen molar-refractivity contribution in [2.45, 2.75) is 71.8 Å². The fourth-order valence-electron chi connectivity index (χ4n) is 6.59. The summed E-state index contributed by atoms with van der Waals surface area (Å²) in [6, 6.07) is -0.669. The maximum atomic E-state index is 13.5. The number of nitrogens with two attached hydrogens (primary N) is 2. The van der Waals surface area contributed by atoms with Gasteiger partial charge in [-0.05, 0) is 46.8 Å². The van der Waals surface area contributed by atoms with Crippen molar-refractivity contribution in [3.05, 3.63) is 138 Å². The Bertz CT molecular complexity index is 3630. The minimum Gasteiger partial charge on any atom is -0.443 e. The monoisotopic (exact) mass is 1160 g/mol. The molecule has 0 unspecified atom stereocenters. The molecule has 0 spiro atoms. The van der Waals surface area contributed by atoms with Crippen LogP contribution >= 0.6 is 11.3 Å². The molecule has 0 saturated heterocycles. The molecular formula is C51H53N15O16S. The summed E-state index contributed by atoms with van der Waals surface area (Å²) in [5.41, 5.74) is 4.12. The zero-order valence-electron chi connectivity index (χ0n) is 44.9. The molecule has 5 heterocycles. The molecule has 0 bridgehead atoms. The molecule has 0 aliphatic carbocycles. The summed E-state index contributed by atoms with van der Waals surface area (Å²) in [6.45, 7) is 29.1. The Hall–Kier alpha value is -10.9. The van der Waals surface area contributed by atoms with Crippen LogP contribution in [-0.2, 0) is 28.8 Å². The number of nitrogens with one attached hydrogen (secondary N) is 8. The Morgan fingerprint density at radius 3 is 1.75 bits per heavy atom. The first-order valence-electron chi connectivity index (χ1n) is 23.8. The van der Waals surface area contributed by atoms with Gasteiger partial charge >= 0.3 is 0 Å². The molecule has 31 nitrogen and oxygen atoms in total. The first-order valence-corrected chi connectivity index (χ1v) is 24.6. The van der Waals surface area contributed by atoms with Gasteiger partial charge in [-0.1, -0.05) is 46.4 Å². The number of nitrogens with zero attached hydrogens (tertiary/aromatic N) is 5. The zero-order valence-corrected chi connectivity index (χ0v) is 45.7. The van der Waals surface area contributed by atoms with Gasteiger partial charge in [0.2, 0.25) is 29.4 Å². The predicted octanol–water partition coefficient (Wildman–Crippen LogP) is -0.314. The first kappa shape index (κ1) is 63.0. The van der Waals surface area contributed by atoms with Gasteiger partial charge < -0.3 is 77.5 Å². The molecule has 32 heteroatoms. The van der Waals surface area contributed by atoms with E-state index in [1.54, 1.807) is 6.92 Å². The second-order valence-electron chi connectivity index (χ2n) is 17.9. The molecule has 0 fully saturated rings. The van der Waals surface area contributed by atoms with E-state index in [4.69, 9.17) is 24.7 Å². The highest BCUT2D eigenvalue weighted by Gasteiger charge is 2.37. The van der Waals surface area contributed by atoms with Crippen molar-refractivity contribution in [2.75, 3.05) is 0 Å². The predicted molar refractivity (Wildman–Crippen MR) is 289 cm³/mol. The summed E-state index contributed by atoms with van der Waals surface area (Å²) in [5.74, 6) is -12.0. The molecule has 0 aliphatic rings. The largest absolute Gasteiger partial charge is 0.443 e. The summed E-state index contributed by atoms with van der Waals surface area (Å²) in [7, 11) is 0. The van der Waals surface area contributed by atoms with Crippen LogP contribution in [0.1, 0.15) is 110 Å². The maximum absolute atomic E-state index is 13.5. The number of carbonyl (C=O) groups is 11. The molecule has 5 rings (SSSR count). The number of oxazole rings is 3. The van der Waals surface area contributed by atoms with Crippen LogP contribution in [-0.4, -0.2) is 124 Å². The SMILES string of the molecule is C=C(NC(=O)C(=C)NC(=O)c1ccc(-c2nc(C(=O)N[C@H](C(N)=O)[C@@H](C)O)cs2)c(-c2coc(C(=C)NC(=O)C(=C)NC(=O)c3nc(C(=C)NC(=O)[C@@H](NC(=O)C(=C)NC(=O)c4nc(C(=O)CC)oc4C)C(C)(C)O)oc3C)n2)n1)C(N)=O. The molecule has 5 aromatic heterocycles. The number of aliphatic hydroxyl groups is 2. The molecule has 83 heavy (non-hydrogen) atoms. The lowest BCUT2D eigenvalue weighted by molar-refractivity contribution is -0.132. The summed E-state index contributed by atoms with van der Waals surface area (Å²) < 4.78 is 16.4. The third kappa shape index (κ3) is 15.5. The highest BCUT2D eigenvalue weighted by molar-refractivity contribution is 7.13. The zero-order chi connectivity index (χ0) is 62.1. The van der Waals surface area contributed by atoms with E-state index in [0.717, 1.165) is 17.6 Å². The molecule has 0 radical (unpaired) electrons. The molecule has 3 atom stereocenters. The van der Waals surface area contributed by atoms with Crippen LogP contribution in [0.5, 0.6) is 0 Å². The number of ketones is 1. The number of aliphatic hydroxyl groups excluding tert-OH is 1. The van der Waals surface area contributed by atoms with Crippen LogP contribution in [0.25, 0.3) is 33.4 Å². The van der Waals surface area contributed by atoms with Gasteiger partial charge in [-0.15, -0.1) is 11.3 Å². The second-order valence-corrected chi connectivity index (χ2v) is 18.8. The van der Waals surface area contributed by atoms with E-state index in [9.17, 15) is 63.0 Å². The van der Waals surface area contributed by atoms with Crippen LogP contribution in [0.15, 0.2) is 99.3 Å². The number of amides is 10. The van der Waals surface area contributed by atoms with Crippen molar-refractivity contribution < 1.29 is 76.2 Å². The van der Waals surface area contributed by atoms with E-state index in [1.165, 1.54) is 52.1 Å². The third-order valence-electron chi connectivity index (χ3n) is 11.0. The second kappa shape index (κ2) is 25.9. The number of rotatable bonds is 26. The number of Topliss-reactive ketones (excluding diaryl/α,β-unsaturated/α-hetero) is 1. The van der Waals surface area contributed by atoms with Gasteiger partial charge in [0.05, 0.1) is 45.9 Å². The minimum atomic E-state index is -1.97. The Morgan fingerprint density at radius 1 is 0.651 bits per heavy atom. The van der Waals surface area contributed by atoms with Crippen LogP contribution < -0.4 is 54.0 Å². The lowest BCUT2D eigenvalue weighted by atomic mass is 9.97. The lowest BCUT2D eigenvalue weighted by Crippen LogP contribution is -2.58. The minimum absolute atomic E-state index is 0.0203. The van der Waals surface area contributed by atoms with Crippen LogP contribution in [0.3, 0.4) is 0 Å². The first-order chi connectivity index (χ1) is 38.7. The Morgan fingerprint density at radius 2 is 1.19 bits per heavy atom. The quantitative estimate of drug-likeness (QED) is 0.0249. The van der Waals surface area contributed by atoms with Gasteiger partial charge in [-0.3, -0.25) is 52.7 Å². The van der Waals surface area contributed by atoms with Gasteiger partial charge in [0.1, 0.15) is 57.7 Å². The molecule has 10 amide bonds. The van der Waals surface area contributed by atoms with E-state index in [1.807, 2.05) is 0 Å². The van der Waals surface area contributed by atoms with Crippen molar-refractivity contribution in [1.82, 2.24) is 67.5 Å².